The lowest BCUT2D eigenvalue weighted by Crippen LogP contribution is -2.43. The van der Waals surface area contributed by atoms with Gasteiger partial charge in [0, 0.05) is 0 Å². The molecule has 1 aliphatic heterocycles. The van der Waals surface area contributed by atoms with Crippen molar-refractivity contribution in [2.75, 3.05) is 16.8 Å². The van der Waals surface area contributed by atoms with E-state index in [0.29, 0.717) is 11.2 Å². The maximum absolute atomic E-state index is 11.9. The minimum Gasteiger partial charge on any atom is -0.340 e. The Hall–Kier alpha value is -1.94. The summed E-state index contributed by atoms with van der Waals surface area (Å²) in [6.07, 6.45) is 2.70. The molecule has 1 fully saturated rings. The van der Waals surface area contributed by atoms with Crippen molar-refractivity contribution in [2.45, 2.75) is 11.4 Å². The van der Waals surface area contributed by atoms with Crippen LogP contribution in [0.15, 0.2) is 12.7 Å². The van der Waals surface area contributed by atoms with Gasteiger partial charge in [0.15, 0.2) is 21.3 Å². The summed E-state index contributed by atoms with van der Waals surface area (Å²) in [4.78, 5) is 26.5. The topological polar surface area (TPSA) is 130 Å². The Morgan fingerprint density at radius 2 is 2.14 bits per heavy atom. The Kier molecular flexibility index (Phi) is 3.41. The van der Waals surface area contributed by atoms with E-state index >= 15 is 0 Å². The summed E-state index contributed by atoms with van der Waals surface area (Å²) < 4.78 is 22.9. The minimum atomic E-state index is -3.21. The predicted octanol–water partition coefficient (Wildman–Crippen LogP) is -0.121. The van der Waals surface area contributed by atoms with Crippen molar-refractivity contribution in [1.82, 2.24) is 25.3 Å². The standard InChI is InChI=1S/C10H11ClN6O3S/c11-5-1-21(19,20)2-6(5)16-10(18)17-9-7-8(13-3-12-7)14-4-15-9/h3-6H,1-2H2,(H3,12,13,14,15,16,17,18)/t5-,6+/m1/s1. The number of urea groups is 1. The van der Waals surface area contributed by atoms with Crippen LogP contribution in [0.3, 0.4) is 0 Å². The summed E-state index contributed by atoms with van der Waals surface area (Å²) in [5.74, 6) is -0.0581. The molecule has 9 nitrogen and oxygen atoms in total. The fraction of sp³-hybridized carbons (Fsp3) is 0.400. The lowest BCUT2D eigenvalue weighted by molar-refractivity contribution is 0.249. The number of nitrogens with one attached hydrogen (secondary N) is 3. The van der Waals surface area contributed by atoms with E-state index in [9.17, 15) is 13.2 Å². The van der Waals surface area contributed by atoms with Gasteiger partial charge >= 0.3 is 6.03 Å². The highest BCUT2D eigenvalue weighted by Crippen LogP contribution is 2.18. The zero-order chi connectivity index (χ0) is 15.0. The number of nitrogens with zero attached hydrogens (tertiary/aromatic N) is 3. The summed E-state index contributed by atoms with van der Waals surface area (Å²) in [6, 6.07) is -1.21. The van der Waals surface area contributed by atoms with Crippen LogP contribution < -0.4 is 10.6 Å². The Morgan fingerprint density at radius 1 is 1.33 bits per heavy atom. The molecular formula is C10H11ClN6O3S. The number of hydrogen-bond donors (Lipinski definition) is 3. The number of H-pyrrole nitrogens is 1. The number of rotatable bonds is 2. The van der Waals surface area contributed by atoms with Crippen LogP contribution in [0, 0.1) is 0 Å². The van der Waals surface area contributed by atoms with Crippen LogP contribution in [0.1, 0.15) is 0 Å². The number of amides is 2. The highest BCUT2D eigenvalue weighted by Gasteiger charge is 2.37. The molecule has 0 aliphatic carbocycles. The van der Waals surface area contributed by atoms with E-state index in [-0.39, 0.29) is 17.3 Å². The van der Waals surface area contributed by atoms with E-state index in [1.807, 2.05) is 0 Å². The van der Waals surface area contributed by atoms with Gasteiger partial charge in [0.05, 0.1) is 29.3 Å². The summed E-state index contributed by atoms with van der Waals surface area (Å²) in [6.45, 7) is 0. The second kappa shape index (κ2) is 5.11. The number of halogens is 1. The number of aromatic nitrogens is 4. The highest BCUT2D eigenvalue weighted by molar-refractivity contribution is 7.91. The first-order valence-corrected chi connectivity index (χ1v) is 8.26. The number of alkyl halides is 1. The molecule has 21 heavy (non-hydrogen) atoms. The number of carbonyl (C=O) groups excluding carboxylic acids is 1. The van der Waals surface area contributed by atoms with Crippen molar-refractivity contribution in [3.63, 3.8) is 0 Å². The SMILES string of the molecule is O=C(Nc1ncnc2nc[nH]c12)N[C@H]1CS(=O)(=O)C[C@H]1Cl. The first kappa shape index (κ1) is 14.0. The summed E-state index contributed by atoms with van der Waals surface area (Å²) in [7, 11) is -3.21. The molecule has 1 saturated heterocycles. The molecule has 1 aliphatic rings. The van der Waals surface area contributed by atoms with E-state index in [1.54, 1.807) is 0 Å². The van der Waals surface area contributed by atoms with Gasteiger partial charge in [-0.1, -0.05) is 0 Å². The smallest absolute Gasteiger partial charge is 0.320 e. The quantitative estimate of drug-likeness (QED) is 0.658. The normalized spacial score (nSPS) is 24.0. The maximum atomic E-state index is 11.9. The van der Waals surface area contributed by atoms with Gasteiger partial charge in [-0.3, -0.25) is 5.32 Å². The van der Waals surface area contributed by atoms with Gasteiger partial charge in [0.2, 0.25) is 0 Å². The van der Waals surface area contributed by atoms with Crippen LogP contribution >= 0.6 is 11.6 Å². The zero-order valence-corrected chi connectivity index (χ0v) is 12.1. The van der Waals surface area contributed by atoms with Gasteiger partial charge in [-0.05, 0) is 0 Å². The third-order valence-corrected chi connectivity index (χ3v) is 5.43. The average Bonchev–Trinajstić information content (AvgIpc) is 2.94. The Balaban J connectivity index is 1.71. The summed E-state index contributed by atoms with van der Waals surface area (Å²) in [5, 5.41) is 4.41. The zero-order valence-electron chi connectivity index (χ0n) is 10.6. The molecule has 3 heterocycles. The van der Waals surface area contributed by atoms with Gasteiger partial charge < -0.3 is 10.3 Å². The molecule has 112 valence electrons. The van der Waals surface area contributed by atoms with E-state index in [0.717, 1.165) is 0 Å². The molecule has 11 heteroatoms. The molecule has 0 radical (unpaired) electrons. The van der Waals surface area contributed by atoms with Crippen LogP contribution in [0.5, 0.6) is 0 Å². The monoisotopic (exact) mass is 330 g/mol. The number of sulfone groups is 1. The molecule has 0 bridgehead atoms. The molecule has 0 aromatic carbocycles. The fourth-order valence-electron chi connectivity index (χ4n) is 2.11. The number of hydrogen-bond acceptors (Lipinski definition) is 6. The first-order chi connectivity index (χ1) is 9.94. The van der Waals surface area contributed by atoms with Crippen molar-refractivity contribution in [3.8, 4) is 0 Å². The lowest BCUT2D eigenvalue weighted by Gasteiger charge is -2.14. The van der Waals surface area contributed by atoms with E-state index in [1.165, 1.54) is 12.7 Å². The number of anilines is 1. The fourth-order valence-corrected chi connectivity index (χ4v) is 4.66. The van der Waals surface area contributed by atoms with Crippen LogP contribution in [-0.4, -0.2) is 57.3 Å². The Morgan fingerprint density at radius 3 is 2.86 bits per heavy atom. The van der Waals surface area contributed by atoms with Gasteiger partial charge in [0.25, 0.3) is 0 Å². The second-order valence-corrected chi connectivity index (χ2v) is 7.34. The molecule has 0 saturated carbocycles. The van der Waals surface area contributed by atoms with E-state index in [4.69, 9.17) is 11.6 Å². The van der Waals surface area contributed by atoms with Gasteiger partial charge in [-0.2, -0.15) is 0 Å². The van der Waals surface area contributed by atoms with Gasteiger partial charge in [-0.25, -0.2) is 28.2 Å². The molecule has 0 unspecified atom stereocenters. The summed E-state index contributed by atoms with van der Waals surface area (Å²) >= 11 is 5.92. The Labute approximate surface area is 124 Å². The maximum Gasteiger partial charge on any atom is 0.320 e. The third kappa shape index (κ3) is 2.90. The number of carbonyl (C=O) groups is 1. The third-order valence-electron chi connectivity index (χ3n) is 3.05. The molecule has 2 aromatic heterocycles. The Bertz CT molecular complexity index is 791. The molecule has 2 aromatic rings. The van der Waals surface area contributed by atoms with Gasteiger partial charge in [-0.15, -0.1) is 11.6 Å². The minimum absolute atomic E-state index is 0.141. The van der Waals surface area contributed by atoms with Gasteiger partial charge in [0.1, 0.15) is 11.8 Å². The van der Waals surface area contributed by atoms with Crippen LogP contribution in [0.4, 0.5) is 10.6 Å². The lowest BCUT2D eigenvalue weighted by atomic mass is 10.2. The van der Waals surface area contributed by atoms with Crippen molar-refractivity contribution >= 4 is 44.5 Å². The van der Waals surface area contributed by atoms with E-state index < -0.39 is 27.3 Å². The first-order valence-electron chi connectivity index (χ1n) is 6.01. The van der Waals surface area contributed by atoms with Crippen LogP contribution in [-0.2, 0) is 9.84 Å². The molecular weight excluding hydrogens is 320 g/mol. The molecule has 3 N–H and O–H groups in total. The van der Waals surface area contributed by atoms with Crippen LogP contribution in [0.25, 0.3) is 11.2 Å². The van der Waals surface area contributed by atoms with Crippen molar-refractivity contribution < 1.29 is 13.2 Å². The molecule has 2 amide bonds. The molecule has 2 atom stereocenters. The number of aromatic amines is 1. The molecule has 0 spiro atoms. The largest absolute Gasteiger partial charge is 0.340 e. The average molecular weight is 331 g/mol. The molecule has 3 rings (SSSR count). The highest BCUT2D eigenvalue weighted by atomic mass is 35.5. The van der Waals surface area contributed by atoms with Crippen molar-refractivity contribution in [1.29, 1.82) is 0 Å². The van der Waals surface area contributed by atoms with Crippen molar-refractivity contribution in [3.05, 3.63) is 12.7 Å². The van der Waals surface area contributed by atoms with E-state index in [2.05, 4.69) is 30.6 Å². The van der Waals surface area contributed by atoms with Crippen LogP contribution in [0.2, 0.25) is 0 Å². The number of imidazole rings is 1. The van der Waals surface area contributed by atoms with Crippen molar-refractivity contribution in [2.24, 2.45) is 0 Å². The summed E-state index contributed by atoms with van der Waals surface area (Å²) in [5.41, 5.74) is 0.896. The number of fused-ring (bicyclic) bond motifs is 1. The second-order valence-electron chi connectivity index (χ2n) is 4.62. The predicted molar refractivity (Wildman–Crippen MR) is 75.9 cm³/mol.